The highest BCUT2D eigenvalue weighted by molar-refractivity contribution is 7.98. The number of thioether (sulfide) groups is 1. The summed E-state index contributed by atoms with van der Waals surface area (Å²) in [4.78, 5) is 5.79. The van der Waals surface area contributed by atoms with Crippen LogP contribution in [0.5, 0.6) is 0 Å². The summed E-state index contributed by atoms with van der Waals surface area (Å²) in [6, 6.07) is 0.598. The standard InChI is InChI=1S/C12H23N3S2/c1-8(12-9(2)15-10(3)17-12)14-7-11(13)5-6-16-4/h8,11,14H,5-7,13H2,1-4H3/t8?,11-/m1/s1. The Morgan fingerprint density at radius 3 is 2.71 bits per heavy atom. The number of nitrogens with one attached hydrogen (secondary N) is 1. The minimum atomic E-state index is 0.249. The minimum Gasteiger partial charge on any atom is -0.327 e. The second-order valence-electron chi connectivity index (χ2n) is 4.35. The van der Waals surface area contributed by atoms with Crippen molar-refractivity contribution < 1.29 is 0 Å². The third-order valence-corrected chi connectivity index (χ3v) is 4.61. The van der Waals surface area contributed by atoms with Crippen molar-refractivity contribution in [2.24, 2.45) is 5.73 Å². The molecule has 3 nitrogen and oxygen atoms in total. The number of aromatic nitrogens is 1. The second-order valence-corrected chi connectivity index (χ2v) is 6.57. The lowest BCUT2D eigenvalue weighted by molar-refractivity contribution is 0.512. The number of aryl methyl sites for hydroxylation is 2. The summed E-state index contributed by atoms with van der Waals surface area (Å²) >= 11 is 3.62. The number of thiazole rings is 1. The number of hydrogen-bond acceptors (Lipinski definition) is 5. The summed E-state index contributed by atoms with van der Waals surface area (Å²) in [5.74, 6) is 1.13. The minimum absolute atomic E-state index is 0.249. The van der Waals surface area contributed by atoms with Gasteiger partial charge in [-0.3, -0.25) is 0 Å². The van der Waals surface area contributed by atoms with Gasteiger partial charge in [-0.05, 0) is 39.2 Å². The molecule has 0 spiro atoms. The maximum atomic E-state index is 6.04. The average Bonchev–Trinajstić information content (AvgIpc) is 2.62. The number of hydrogen-bond donors (Lipinski definition) is 2. The highest BCUT2D eigenvalue weighted by Gasteiger charge is 2.13. The first kappa shape index (κ1) is 15.0. The van der Waals surface area contributed by atoms with E-state index in [0.29, 0.717) is 6.04 Å². The van der Waals surface area contributed by atoms with Gasteiger partial charge < -0.3 is 11.1 Å². The average molecular weight is 273 g/mol. The van der Waals surface area contributed by atoms with Gasteiger partial charge in [0.1, 0.15) is 0 Å². The van der Waals surface area contributed by atoms with Gasteiger partial charge in [0.05, 0.1) is 10.7 Å². The van der Waals surface area contributed by atoms with Crippen LogP contribution in [-0.4, -0.2) is 29.6 Å². The van der Waals surface area contributed by atoms with Gasteiger partial charge in [0.2, 0.25) is 0 Å². The Balaban J connectivity index is 2.39. The molecule has 0 fully saturated rings. The van der Waals surface area contributed by atoms with E-state index < -0.39 is 0 Å². The molecule has 0 aliphatic heterocycles. The molecule has 17 heavy (non-hydrogen) atoms. The molecule has 0 bridgehead atoms. The molecule has 0 saturated heterocycles. The fourth-order valence-corrected chi connectivity index (χ4v) is 3.23. The van der Waals surface area contributed by atoms with E-state index >= 15 is 0 Å². The van der Waals surface area contributed by atoms with Crippen LogP contribution in [0, 0.1) is 13.8 Å². The van der Waals surface area contributed by atoms with Gasteiger partial charge in [0.15, 0.2) is 0 Å². The predicted octanol–water partition coefficient (Wildman–Crippen LogP) is 2.49. The van der Waals surface area contributed by atoms with Gasteiger partial charge in [0.25, 0.3) is 0 Å². The van der Waals surface area contributed by atoms with Crippen LogP contribution in [0.25, 0.3) is 0 Å². The van der Waals surface area contributed by atoms with Crippen molar-refractivity contribution in [3.63, 3.8) is 0 Å². The molecular formula is C12H23N3S2. The van der Waals surface area contributed by atoms with Crippen molar-refractivity contribution in [2.45, 2.75) is 39.3 Å². The molecule has 0 aliphatic carbocycles. The molecule has 1 heterocycles. The van der Waals surface area contributed by atoms with Crippen molar-refractivity contribution in [3.05, 3.63) is 15.6 Å². The van der Waals surface area contributed by atoms with Gasteiger partial charge in [-0.1, -0.05) is 0 Å². The van der Waals surface area contributed by atoms with E-state index in [1.807, 2.05) is 11.8 Å². The Labute approximate surface area is 113 Å². The van der Waals surface area contributed by atoms with Crippen LogP contribution in [0.2, 0.25) is 0 Å². The first-order chi connectivity index (χ1) is 8.04. The van der Waals surface area contributed by atoms with E-state index in [2.05, 4.69) is 37.3 Å². The predicted molar refractivity (Wildman–Crippen MR) is 79.0 cm³/mol. The van der Waals surface area contributed by atoms with Crippen LogP contribution in [0.1, 0.15) is 35.0 Å². The Kier molecular flexibility index (Phi) is 6.48. The summed E-state index contributed by atoms with van der Waals surface area (Å²) in [6.07, 6.45) is 3.19. The number of nitrogens with two attached hydrogens (primary N) is 1. The molecular weight excluding hydrogens is 250 g/mol. The first-order valence-corrected chi connectivity index (χ1v) is 8.17. The molecule has 0 aliphatic rings. The molecule has 0 saturated carbocycles. The third kappa shape index (κ3) is 4.95. The van der Waals surface area contributed by atoms with E-state index in [1.54, 1.807) is 11.3 Å². The van der Waals surface area contributed by atoms with Crippen molar-refractivity contribution >= 4 is 23.1 Å². The van der Waals surface area contributed by atoms with Crippen molar-refractivity contribution in [2.75, 3.05) is 18.6 Å². The maximum absolute atomic E-state index is 6.04. The zero-order chi connectivity index (χ0) is 12.8. The molecule has 1 aromatic rings. The van der Waals surface area contributed by atoms with Gasteiger partial charge >= 0.3 is 0 Å². The summed E-state index contributed by atoms with van der Waals surface area (Å²) < 4.78 is 0. The summed E-state index contributed by atoms with van der Waals surface area (Å²) in [5.41, 5.74) is 7.19. The van der Waals surface area contributed by atoms with E-state index in [9.17, 15) is 0 Å². The third-order valence-electron chi connectivity index (χ3n) is 2.71. The highest BCUT2D eigenvalue weighted by Crippen LogP contribution is 2.24. The quantitative estimate of drug-likeness (QED) is 0.801. The monoisotopic (exact) mass is 273 g/mol. The summed E-state index contributed by atoms with van der Waals surface area (Å²) in [7, 11) is 0. The van der Waals surface area contributed by atoms with Crippen molar-refractivity contribution in [1.29, 1.82) is 0 Å². The Hall–Kier alpha value is -0.100. The zero-order valence-corrected chi connectivity index (χ0v) is 12.8. The van der Waals surface area contributed by atoms with Crippen LogP contribution in [-0.2, 0) is 0 Å². The molecule has 98 valence electrons. The summed E-state index contributed by atoms with van der Waals surface area (Å²) in [5, 5.41) is 4.63. The Morgan fingerprint density at radius 2 is 2.18 bits per heavy atom. The lowest BCUT2D eigenvalue weighted by Gasteiger charge is -2.17. The molecule has 0 radical (unpaired) electrons. The molecule has 0 aromatic carbocycles. The lowest BCUT2D eigenvalue weighted by Crippen LogP contribution is -2.35. The molecule has 3 N–H and O–H groups in total. The van der Waals surface area contributed by atoms with Gasteiger partial charge in [0, 0.05) is 23.5 Å². The Bertz CT molecular complexity index is 338. The lowest BCUT2D eigenvalue weighted by atomic mass is 10.2. The van der Waals surface area contributed by atoms with Crippen LogP contribution in [0.15, 0.2) is 0 Å². The van der Waals surface area contributed by atoms with Crippen LogP contribution in [0.4, 0.5) is 0 Å². The fourth-order valence-electron chi connectivity index (χ4n) is 1.74. The van der Waals surface area contributed by atoms with Gasteiger partial charge in [-0.25, -0.2) is 4.98 Å². The van der Waals surface area contributed by atoms with E-state index in [-0.39, 0.29) is 6.04 Å². The van der Waals surface area contributed by atoms with E-state index in [1.165, 1.54) is 4.88 Å². The van der Waals surface area contributed by atoms with E-state index in [4.69, 9.17) is 5.73 Å². The van der Waals surface area contributed by atoms with Crippen molar-refractivity contribution in [3.8, 4) is 0 Å². The normalized spacial score (nSPS) is 14.9. The van der Waals surface area contributed by atoms with Gasteiger partial charge in [-0.15, -0.1) is 11.3 Å². The molecule has 1 unspecified atom stereocenters. The highest BCUT2D eigenvalue weighted by atomic mass is 32.2. The molecule has 1 aromatic heterocycles. The largest absolute Gasteiger partial charge is 0.327 e. The van der Waals surface area contributed by atoms with Crippen LogP contribution in [0.3, 0.4) is 0 Å². The fraction of sp³-hybridized carbons (Fsp3) is 0.750. The molecule has 0 amide bonds. The smallest absolute Gasteiger partial charge is 0.0900 e. The van der Waals surface area contributed by atoms with E-state index in [0.717, 1.165) is 29.4 Å². The molecule has 2 atom stereocenters. The number of nitrogens with zero attached hydrogens (tertiary/aromatic N) is 1. The van der Waals surface area contributed by atoms with Crippen molar-refractivity contribution in [1.82, 2.24) is 10.3 Å². The first-order valence-electron chi connectivity index (χ1n) is 5.96. The Morgan fingerprint density at radius 1 is 1.47 bits per heavy atom. The van der Waals surface area contributed by atoms with Gasteiger partial charge in [-0.2, -0.15) is 11.8 Å². The second kappa shape index (κ2) is 7.36. The number of rotatable bonds is 7. The molecule has 1 rings (SSSR count). The zero-order valence-electron chi connectivity index (χ0n) is 11.1. The van der Waals surface area contributed by atoms with Crippen LogP contribution >= 0.6 is 23.1 Å². The van der Waals surface area contributed by atoms with Crippen LogP contribution < -0.4 is 11.1 Å². The molecule has 5 heteroatoms. The summed E-state index contributed by atoms with van der Waals surface area (Å²) in [6.45, 7) is 7.18. The SMILES string of the molecule is CSCC[C@@H](N)CNC(C)c1sc(C)nc1C. The topological polar surface area (TPSA) is 50.9 Å². The maximum Gasteiger partial charge on any atom is 0.0900 e.